The Bertz CT molecular complexity index is 899. The molecule has 2 aromatic carbocycles. The first-order valence-electron chi connectivity index (χ1n) is 8.20. The van der Waals surface area contributed by atoms with Crippen molar-refractivity contribution in [3.63, 3.8) is 0 Å². The fourth-order valence-electron chi connectivity index (χ4n) is 2.44. The van der Waals surface area contributed by atoms with Gasteiger partial charge in [-0.25, -0.2) is 4.39 Å². The van der Waals surface area contributed by atoms with Crippen LogP contribution in [0.5, 0.6) is 0 Å². The van der Waals surface area contributed by atoms with Crippen LogP contribution >= 0.6 is 11.8 Å². The molecule has 0 amide bonds. The predicted octanol–water partition coefficient (Wildman–Crippen LogP) is 4.12. The Balaban J connectivity index is 2.06. The Morgan fingerprint density at radius 2 is 1.85 bits per heavy atom. The number of hydrogen-bond acceptors (Lipinski definition) is 5. The Kier molecular flexibility index (Phi) is 5.68. The van der Waals surface area contributed by atoms with Gasteiger partial charge in [0.1, 0.15) is 11.1 Å². The van der Waals surface area contributed by atoms with E-state index in [9.17, 15) is 9.18 Å². The van der Waals surface area contributed by atoms with Crippen LogP contribution in [-0.2, 0) is 9.53 Å². The van der Waals surface area contributed by atoms with Gasteiger partial charge in [0.15, 0.2) is 11.0 Å². The largest absolute Gasteiger partial charge is 0.465 e. The Hall–Kier alpha value is -2.67. The molecule has 1 aromatic heterocycles. The minimum atomic E-state index is -0.463. The summed E-state index contributed by atoms with van der Waals surface area (Å²) in [5, 5.41) is 8.41. The van der Waals surface area contributed by atoms with Crippen LogP contribution in [0, 0.1) is 5.82 Å². The fraction of sp³-hybridized carbons (Fsp3) is 0.211. The second-order valence-corrected chi connectivity index (χ2v) is 6.78. The molecule has 0 aliphatic carbocycles. The minimum absolute atomic E-state index is 0.315. The van der Waals surface area contributed by atoms with Crippen molar-refractivity contribution in [2.45, 2.75) is 24.3 Å². The molecule has 1 atom stereocenters. The zero-order valence-corrected chi connectivity index (χ0v) is 15.2. The van der Waals surface area contributed by atoms with Gasteiger partial charge in [-0.05, 0) is 38.1 Å². The molecule has 5 nitrogen and oxygen atoms in total. The van der Waals surface area contributed by atoms with E-state index in [1.165, 1.54) is 17.8 Å². The molecule has 7 heteroatoms. The van der Waals surface area contributed by atoms with Crippen molar-refractivity contribution < 1.29 is 13.9 Å². The fourth-order valence-corrected chi connectivity index (χ4v) is 3.30. The first kappa shape index (κ1) is 18.1. The average Bonchev–Trinajstić information content (AvgIpc) is 3.06. The molecule has 26 heavy (non-hydrogen) atoms. The number of hydrogen-bond donors (Lipinski definition) is 0. The molecule has 0 aliphatic rings. The Labute approximate surface area is 155 Å². The van der Waals surface area contributed by atoms with Gasteiger partial charge in [-0.15, -0.1) is 10.2 Å². The highest BCUT2D eigenvalue weighted by molar-refractivity contribution is 8.00. The molecular formula is C19H18FN3O2S. The van der Waals surface area contributed by atoms with E-state index in [0.717, 1.165) is 5.69 Å². The van der Waals surface area contributed by atoms with Gasteiger partial charge in [-0.1, -0.05) is 42.1 Å². The lowest BCUT2D eigenvalue weighted by Gasteiger charge is -2.13. The summed E-state index contributed by atoms with van der Waals surface area (Å²) in [5.74, 6) is -0.326. The molecule has 0 saturated carbocycles. The average molecular weight is 371 g/mol. The number of halogens is 1. The Morgan fingerprint density at radius 1 is 1.15 bits per heavy atom. The number of rotatable bonds is 6. The van der Waals surface area contributed by atoms with Gasteiger partial charge in [-0.3, -0.25) is 9.36 Å². The van der Waals surface area contributed by atoms with E-state index in [0.29, 0.717) is 23.2 Å². The van der Waals surface area contributed by atoms with Crippen molar-refractivity contribution in [2.24, 2.45) is 0 Å². The van der Waals surface area contributed by atoms with E-state index in [2.05, 4.69) is 10.2 Å². The van der Waals surface area contributed by atoms with E-state index in [1.54, 1.807) is 36.6 Å². The monoisotopic (exact) mass is 371 g/mol. The van der Waals surface area contributed by atoms with Gasteiger partial charge in [0, 0.05) is 5.69 Å². The van der Waals surface area contributed by atoms with Crippen LogP contribution in [0.15, 0.2) is 59.8 Å². The lowest BCUT2D eigenvalue weighted by molar-refractivity contribution is -0.142. The van der Waals surface area contributed by atoms with Crippen LogP contribution in [0.3, 0.4) is 0 Å². The third kappa shape index (κ3) is 3.77. The molecule has 0 bridgehead atoms. The molecule has 3 aromatic rings. The normalized spacial score (nSPS) is 12.0. The van der Waals surface area contributed by atoms with Crippen molar-refractivity contribution >= 4 is 17.7 Å². The highest BCUT2D eigenvalue weighted by Crippen LogP contribution is 2.31. The number of carbonyl (C=O) groups is 1. The van der Waals surface area contributed by atoms with Crippen molar-refractivity contribution in [3.05, 3.63) is 60.4 Å². The van der Waals surface area contributed by atoms with Crippen molar-refractivity contribution in [3.8, 4) is 17.1 Å². The molecule has 0 unspecified atom stereocenters. The lowest BCUT2D eigenvalue weighted by Crippen LogP contribution is -2.17. The predicted molar refractivity (Wildman–Crippen MR) is 98.7 cm³/mol. The van der Waals surface area contributed by atoms with Crippen molar-refractivity contribution in [1.82, 2.24) is 14.8 Å². The van der Waals surface area contributed by atoms with Crippen LogP contribution in [0.25, 0.3) is 17.1 Å². The molecule has 0 aliphatic heterocycles. The molecule has 134 valence electrons. The van der Waals surface area contributed by atoms with Crippen LogP contribution in [0.4, 0.5) is 4.39 Å². The van der Waals surface area contributed by atoms with Gasteiger partial charge in [0.05, 0.1) is 12.2 Å². The van der Waals surface area contributed by atoms with Crippen molar-refractivity contribution in [1.29, 1.82) is 0 Å². The molecule has 1 heterocycles. The first-order valence-corrected chi connectivity index (χ1v) is 9.08. The van der Waals surface area contributed by atoms with Gasteiger partial charge >= 0.3 is 5.97 Å². The van der Waals surface area contributed by atoms with Crippen LogP contribution in [0.1, 0.15) is 13.8 Å². The van der Waals surface area contributed by atoms with Crippen molar-refractivity contribution in [2.75, 3.05) is 6.61 Å². The number of ether oxygens (including phenoxy) is 1. The SMILES string of the molecule is CCOC(=O)[C@@H](C)Sc1nnc(-c2ccccc2F)n1-c1ccccc1. The van der Waals surface area contributed by atoms with E-state index >= 15 is 0 Å². The smallest absolute Gasteiger partial charge is 0.319 e. The van der Waals surface area contributed by atoms with E-state index in [-0.39, 0.29) is 11.8 Å². The molecule has 0 fully saturated rings. The van der Waals surface area contributed by atoms with Gasteiger partial charge in [0.25, 0.3) is 0 Å². The van der Waals surface area contributed by atoms with Crippen LogP contribution in [0.2, 0.25) is 0 Å². The summed E-state index contributed by atoms with van der Waals surface area (Å²) in [6.07, 6.45) is 0. The maximum atomic E-state index is 14.3. The standard InChI is InChI=1S/C19H18FN3O2S/c1-3-25-18(24)13(2)26-19-22-21-17(15-11-7-8-12-16(15)20)23(19)14-9-5-4-6-10-14/h4-13H,3H2,1-2H3/t13-/m1/s1. The molecule has 0 radical (unpaired) electrons. The topological polar surface area (TPSA) is 57.0 Å². The first-order chi connectivity index (χ1) is 12.6. The van der Waals surface area contributed by atoms with Crippen LogP contribution in [-0.4, -0.2) is 32.6 Å². The molecular weight excluding hydrogens is 353 g/mol. The number of aromatic nitrogens is 3. The van der Waals surface area contributed by atoms with E-state index in [4.69, 9.17) is 4.74 Å². The molecule has 3 rings (SSSR count). The highest BCUT2D eigenvalue weighted by Gasteiger charge is 2.23. The number of nitrogens with zero attached hydrogens (tertiary/aromatic N) is 3. The molecule has 0 N–H and O–H groups in total. The maximum absolute atomic E-state index is 14.3. The zero-order valence-electron chi connectivity index (χ0n) is 14.4. The molecule has 0 spiro atoms. The third-order valence-electron chi connectivity index (χ3n) is 3.66. The summed E-state index contributed by atoms with van der Waals surface area (Å²) in [6, 6.07) is 15.8. The summed E-state index contributed by atoms with van der Waals surface area (Å²) in [7, 11) is 0. The summed E-state index contributed by atoms with van der Waals surface area (Å²) < 4.78 is 21.1. The highest BCUT2D eigenvalue weighted by atomic mass is 32.2. The number of thioether (sulfide) groups is 1. The second-order valence-electron chi connectivity index (χ2n) is 5.47. The minimum Gasteiger partial charge on any atom is -0.465 e. The number of carbonyl (C=O) groups excluding carboxylic acids is 1. The van der Waals surface area contributed by atoms with Gasteiger partial charge in [-0.2, -0.15) is 0 Å². The summed E-state index contributed by atoms with van der Waals surface area (Å²) in [5.41, 5.74) is 1.13. The van der Waals surface area contributed by atoms with Crippen LogP contribution < -0.4 is 0 Å². The Morgan fingerprint density at radius 3 is 2.54 bits per heavy atom. The quantitative estimate of drug-likeness (QED) is 0.482. The van der Waals surface area contributed by atoms with E-state index in [1.807, 2.05) is 30.3 Å². The number of para-hydroxylation sites is 1. The summed E-state index contributed by atoms with van der Waals surface area (Å²) in [6.45, 7) is 3.82. The molecule has 0 saturated heterocycles. The van der Waals surface area contributed by atoms with Gasteiger partial charge < -0.3 is 4.74 Å². The number of benzene rings is 2. The summed E-state index contributed by atoms with van der Waals surface area (Å²) >= 11 is 1.23. The second kappa shape index (κ2) is 8.14. The number of esters is 1. The lowest BCUT2D eigenvalue weighted by atomic mass is 10.2. The van der Waals surface area contributed by atoms with Gasteiger partial charge in [0.2, 0.25) is 0 Å². The van der Waals surface area contributed by atoms with E-state index < -0.39 is 5.25 Å². The maximum Gasteiger partial charge on any atom is 0.319 e. The third-order valence-corrected chi connectivity index (χ3v) is 4.68. The summed E-state index contributed by atoms with van der Waals surface area (Å²) in [4.78, 5) is 12.0. The zero-order chi connectivity index (χ0) is 18.5.